The molecule has 0 bridgehead atoms. The SMILES string of the molecule is c1ccc(-c2nc3ccc4ccc(-c5cccc(-c6nc(-c7ccccc7)c7ccccc7n6)c5)cc4c3s2)cc1. The quantitative estimate of drug-likeness (QED) is 0.222. The van der Waals surface area contributed by atoms with Crippen molar-refractivity contribution in [2.45, 2.75) is 0 Å². The lowest BCUT2D eigenvalue weighted by Gasteiger charge is -2.11. The van der Waals surface area contributed by atoms with Gasteiger partial charge in [-0.15, -0.1) is 11.3 Å². The van der Waals surface area contributed by atoms with Crippen LogP contribution >= 0.6 is 11.3 Å². The first-order chi connectivity index (χ1) is 20.3. The molecule has 3 nitrogen and oxygen atoms in total. The van der Waals surface area contributed by atoms with Crippen molar-refractivity contribution in [1.29, 1.82) is 0 Å². The van der Waals surface area contributed by atoms with Crippen molar-refractivity contribution >= 4 is 43.2 Å². The summed E-state index contributed by atoms with van der Waals surface area (Å²) in [4.78, 5) is 15.0. The molecular weight excluding hydrogens is 518 g/mol. The zero-order valence-electron chi connectivity index (χ0n) is 22.0. The Morgan fingerprint density at radius 1 is 0.415 bits per heavy atom. The van der Waals surface area contributed by atoms with Crippen molar-refractivity contribution in [2.24, 2.45) is 0 Å². The average molecular weight is 542 g/mol. The third-order valence-electron chi connectivity index (χ3n) is 7.50. The predicted octanol–water partition coefficient (Wildman–Crippen LogP) is 10.1. The summed E-state index contributed by atoms with van der Waals surface area (Å²) in [6.07, 6.45) is 0. The lowest BCUT2D eigenvalue weighted by Crippen LogP contribution is -1.95. The van der Waals surface area contributed by atoms with E-state index in [1.54, 1.807) is 11.3 Å². The second kappa shape index (κ2) is 9.77. The van der Waals surface area contributed by atoms with Crippen molar-refractivity contribution in [3.05, 3.63) is 140 Å². The van der Waals surface area contributed by atoms with Crippen LogP contribution in [0.3, 0.4) is 0 Å². The number of benzene rings is 6. The maximum Gasteiger partial charge on any atom is 0.160 e. The molecule has 0 N–H and O–H groups in total. The number of para-hydroxylation sites is 1. The molecule has 8 aromatic rings. The lowest BCUT2D eigenvalue weighted by molar-refractivity contribution is 1.23. The number of rotatable bonds is 4. The van der Waals surface area contributed by atoms with E-state index in [0.717, 1.165) is 60.8 Å². The molecular formula is C37H23N3S. The third kappa shape index (κ3) is 4.26. The molecule has 2 heterocycles. The Bertz CT molecular complexity index is 2200. The number of hydrogen-bond acceptors (Lipinski definition) is 4. The summed E-state index contributed by atoms with van der Waals surface area (Å²) in [6, 6.07) is 48.5. The fourth-order valence-electron chi connectivity index (χ4n) is 5.45. The molecule has 0 unspecified atom stereocenters. The molecule has 0 saturated heterocycles. The smallest absolute Gasteiger partial charge is 0.160 e. The number of nitrogens with zero attached hydrogens (tertiary/aromatic N) is 3. The maximum atomic E-state index is 5.08. The Kier molecular flexibility index (Phi) is 5.64. The first-order valence-corrected chi connectivity index (χ1v) is 14.4. The van der Waals surface area contributed by atoms with Gasteiger partial charge in [-0.25, -0.2) is 15.0 Å². The van der Waals surface area contributed by atoms with E-state index in [-0.39, 0.29) is 0 Å². The van der Waals surface area contributed by atoms with Crippen molar-refractivity contribution in [3.8, 4) is 44.3 Å². The van der Waals surface area contributed by atoms with Crippen LogP contribution in [0.15, 0.2) is 140 Å². The summed E-state index contributed by atoms with van der Waals surface area (Å²) >= 11 is 1.75. The van der Waals surface area contributed by atoms with Gasteiger partial charge in [-0.3, -0.25) is 0 Å². The van der Waals surface area contributed by atoms with Gasteiger partial charge in [-0.05, 0) is 40.8 Å². The van der Waals surface area contributed by atoms with E-state index in [1.807, 2.05) is 24.3 Å². The highest BCUT2D eigenvalue weighted by molar-refractivity contribution is 7.22. The van der Waals surface area contributed by atoms with Crippen molar-refractivity contribution in [2.75, 3.05) is 0 Å². The van der Waals surface area contributed by atoms with E-state index in [2.05, 4.69) is 115 Å². The minimum Gasteiger partial charge on any atom is -0.236 e. The highest BCUT2D eigenvalue weighted by Gasteiger charge is 2.13. The molecule has 0 saturated carbocycles. The zero-order valence-corrected chi connectivity index (χ0v) is 22.8. The van der Waals surface area contributed by atoms with Crippen LogP contribution in [0.5, 0.6) is 0 Å². The number of fused-ring (bicyclic) bond motifs is 4. The van der Waals surface area contributed by atoms with Crippen LogP contribution in [0.25, 0.3) is 76.2 Å². The number of thiazole rings is 1. The van der Waals surface area contributed by atoms with Crippen LogP contribution in [0, 0.1) is 0 Å². The summed E-state index contributed by atoms with van der Waals surface area (Å²) in [5.41, 5.74) is 8.44. The van der Waals surface area contributed by atoms with Gasteiger partial charge in [0.05, 0.1) is 21.4 Å². The topological polar surface area (TPSA) is 38.7 Å². The summed E-state index contributed by atoms with van der Waals surface area (Å²) < 4.78 is 1.21. The molecule has 0 aliphatic carbocycles. The van der Waals surface area contributed by atoms with Gasteiger partial charge in [-0.1, -0.05) is 115 Å². The molecule has 0 radical (unpaired) electrons. The van der Waals surface area contributed by atoms with E-state index >= 15 is 0 Å². The van der Waals surface area contributed by atoms with Crippen LogP contribution in [-0.2, 0) is 0 Å². The first kappa shape index (κ1) is 23.7. The highest BCUT2D eigenvalue weighted by atomic mass is 32.1. The van der Waals surface area contributed by atoms with Gasteiger partial charge < -0.3 is 0 Å². The Labute approximate surface area is 241 Å². The monoisotopic (exact) mass is 541 g/mol. The van der Waals surface area contributed by atoms with E-state index < -0.39 is 0 Å². The maximum absolute atomic E-state index is 5.08. The lowest BCUT2D eigenvalue weighted by atomic mass is 9.99. The minimum atomic E-state index is 0.725. The molecule has 8 rings (SSSR count). The number of aromatic nitrogens is 3. The van der Waals surface area contributed by atoms with Gasteiger partial charge in [0.1, 0.15) is 5.01 Å². The summed E-state index contributed by atoms with van der Waals surface area (Å²) in [6.45, 7) is 0. The molecule has 0 aliphatic heterocycles. The van der Waals surface area contributed by atoms with E-state index in [4.69, 9.17) is 15.0 Å². The molecule has 0 aliphatic rings. The second-order valence-corrected chi connectivity index (χ2v) is 11.1. The van der Waals surface area contributed by atoms with Crippen LogP contribution in [0.1, 0.15) is 0 Å². The van der Waals surface area contributed by atoms with Crippen LogP contribution in [0.2, 0.25) is 0 Å². The molecule has 0 spiro atoms. The van der Waals surface area contributed by atoms with Crippen LogP contribution in [-0.4, -0.2) is 15.0 Å². The molecule has 41 heavy (non-hydrogen) atoms. The fraction of sp³-hybridized carbons (Fsp3) is 0. The summed E-state index contributed by atoms with van der Waals surface area (Å²) in [7, 11) is 0. The molecule has 0 fully saturated rings. The fourth-order valence-corrected chi connectivity index (χ4v) is 6.54. The summed E-state index contributed by atoms with van der Waals surface area (Å²) in [5, 5.41) is 4.53. The van der Waals surface area contributed by atoms with Crippen LogP contribution in [0.4, 0.5) is 0 Å². The van der Waals surface area contributed by atoms with E-state index in [9.17, 15) is 0 Å². The Hall–Kier alpha value is -5.19. The standard InChI is InChI=1S/C37H23N3S/c1-3-10-25(11-4-1)34-30-16-7-8-17-32(30)38-36(40-34)29-15-9-14-27(22-29)28-19-18-24-20-21-33-35(31(24)23-28)41-37(39-33)26-12-5-2-6-13-26/h1-23H. The van der Waals surface area contributed by atoms with Gasteiger partial charge in [0.15, 0.2) is 5.82 Å². The first-order valence-electron chi connectivity index (χ1n) is 13.6. The van der Waals surface area contributed by atoms with Gasteiger partial charge in [-0.2, -0.15) is 0 Å². The third-order valence-corrected chi connectivity index (χ3v) is 8.65. The molecule has 4 heteroatoms. The number of hydrogen-bond donors (Lipinski definition) is 0. The van der Waals surface area contributed by atoms with Gasteiger partial charge in [0, 0.05) is 27.5 Å². The van der Waals surface area contributed by atoms with Crippen molar-refractivity contribution in [1.82, 2.24) is 15.0 Å². The van der Waals surface area contributed by atoms with Gasteiger partial charge in [0.2, 0.25) is 0 Å². The normalized spacial score (nSPS) is 11.4. The van der Waals surface area contributed by atoms with Crippen molar-refractivity contribution < 1.29 is 0 Å². The molecule has 6 aromatic carbocycles. The molecule has 2 aromatic heterocycles. The summed E-state index contributed by atoms with van der Waals surface area (Å²) in [5.74, 6) is 0.725. The Morgan fingerprint density at radius 3 is 1.95 bits per heavy atom. The zero-order chi connectivity index (χ0) is 27.2. The van der Waals surface area contributed by atoms with Gasteiger partial charge in [0.25, 0.3) is 0 Å². The minimum absolute atomic E-state index is 0.725. The van der Waals surface area contributed by atoms with Crippen LogP contribution < -0.4 is 0 Å². The Balaban J connectivity index is 1.25. The van der Waals surface area contributed by atoms with E-state index in [0.29, 0.717) is 0 Å². The molecule has 0 atom stereocenters. The van der Waals surface area contributed by atoms with Gasteiger partial charge >= 0.3 is 0 Å². The average Bonchev–Trinajstić information content (AvgIpc) is 3.50. The predicted molar refractivity (Wildman–Crippen MR) is 172 cm³/mol. The molecule has 0 amide bonds. The highest BCUT2D eigenvalue weighted by Crippen LogP contribution is 2.37. The second-order valence-electron chi connectivity index (χ2n) is 10.1. The largest absolute Gasteiger partial charge is 0.236 e. The Morgan fingerprint density at radius 2 is 1.10 bits per heavy atom. The van der Waals surface area contributed by atoms with Crippen molar-refractivity contribution in [3.63, 3.8) is 0 Å². The van der Waals surface area contributed by atoms with E-state index in [1.165, 1.54) is 15.5 Å². The molecule has 192 valence electrons.